The van der Waals surface area contributed by atoms with Crippen LogP contribution < -0.4 is 15.9 Å². The number of benzene rings is 4. The molecule has 0 bridgehead atoms. The average Bonchev–Trinajstić information content (AvgIpc) is 2.82. The molecule has 4 aromatic rings. The van der Waals surface area contributed by atoms with E-state index in [-0.39, 0.29) is 5.78 Å². The lowest BCUT2D eigenvalue weighted by Gasteiger charge is -2.21. The maximum Gasteiger partial charge on any atom is 0.189 e. The number of hydrogen-bond donors (Lipinski definition) is 0. The second-order valence-electron chi connectivity index (χ2n) is 7.05. The molecule has 30 heavy (non-hydrogen) atoms. The van der Waals surface area contributed by atoms with E-state index in [1.54, 1.807) is 6.92 Å². The van der Waals surface area contributed by atoms with Gasteiger partial charge in [0, 0.05) is 11.1 Å². The molecule has 4 aromatic carbocycles. The summed E-state index contributed by atoms with van der Waals surface area (Å²) in [6.07, 6.45) is 0. The molecule has 0 saturated carbocycles. The molecular formula is C28H22OP+. The molecule has 0 heterocycles. The number of ketones is 1. The molecule has 1 nitrogen and oxygen atoms in total. The number of carbonyl (C=O) groups is 1. The zero-order chi connectivity index (χ0) is 20.8. The third-order valence-electron chi connectivity index (χ3n) is 5.07. The van der Waals surface area contributed by atoms with Crippen molar-refractivity contribution in [2.75, 3.05) is 0 Å². The third kappa shape index (κ3) is 3.97. The van der Waals surface area contributed by atoms with Gasteiger partial charge in [-0.3, -0.25) is 4.79 Å². The van der Waals surface area contributed by atoms with Crippen LogP contribution in [0.15, 0.2) is 115 Å². The van der Waals surface area contributed by atoms with Crippen LogP contribution in [0.3, 0.4) is 0 Å². The summed E-state index contributed by atoms with van der Waals surface area (Å²) in [5.74, 6) is 3.47. The van der Waals surface area contributed by atoms with E-state index in [2.05, 4.69) is 84.4 Å². The van der Waals surface area contributed by atoms with Crippen molar-refractivity contribution >= 4 is 29.0 Å². The van der Waals surface area contributed by atoms with Crippen LogP contribution in [0.25, 0.3) is 0 Å². The lowest BCUT2D eigenvalue weighted by Crippen LogP contribution is -2.29. The van der Waals surface area contributed by atoms with Gasteiger partial charge in [-0.25, -0.2) is 0 Å². The summed E-state index contributed by atoms with van der Waals surface area (Å²) in [6, 6.07) is 39.2. The molecule has 0 saturated heterocycles. The molecule has 0 aliphatic rings. The molecule has 0 radical (unpaired) electrons. The minimum Gasteiger partial charge on any atom is -0.295 e. The lowest BCUT2D eigenvalue weighted by molar-refractivity contribution is 0.101. The summed E-state index contributed by atoms with van der Waals surface area (Å²) < 4.78 is 0. The minimum atomic E-state index is -2.20. The van der Waals surface area contributed by atoms with Gasteiger partial charge in [0.05, 0.1) is 5.66 Å². The maximum absolute atomic E-state index is 11.8. The van der Waals surface area contributed by atoms with Crippen LogP contribution in [-0.2, 0) is 0 Å². The average molecular weight is 405 g/mol. The Hall–Kier alpha value is -3.46. The highest BCUT2D eigenvalue weighted by atomic mass is 31.2. The van der Waals surface area contributed by atoms with Crippen LogP contribution in [-0.4, -0.2) is 5.78 Å². The first-order chi connectivity index (χ1) is 14.7. The van der Waals surface area contributed by atoms with Crippen LogP contribution >= 0.6 is 7.26 Å². The lowest BCUT2D eigenvalue weighted by atomic mass is 10.1. The fraction of sp³-hybridized carbons (Fsp3) is 0.0357. The predicted molar refractivity (Wildman–Crippen MR) is 128 cm³/mol. The van der Waals surface area contributed by atoms with Crippen molar-refractivity contribution in [2.45, 2.75) is 6.92 Å². The van der Waals surface area contributed by atoms with E-state index in [1.807, 2.05) is 42.5 Å². The summed E-state index contributed by atoms with van der Waals surface area (Å²) in [5, 5.41) is 3.66. The quantitative estimate of drug-likeness (QED) is 0.259. The summed E-state index contributed by atoms with van der Waals surface area (Å²) >= 11 is 0. The van der Waals surface area contributed by atoms with Crippen LogP contribution in [0.2, 0.25) is 0 Å². The van der Waals surface area contributed by atoms with E-state index in [9.17, 15) is 4.79 Å². The van der Waals surface area contributed by atoms with Gasteiger partial charge in [0.15, 0.2) is 13.0 Å². The first-order valence-corrected chi connectivity index (χ1v) is 11.7. The molecule has 0 aliphatic heterocycles. The van der Waals surface area contributed by atoms with E-state index in [4.69, 9.17) is 0 Å². The van der Waals surface area contributed by atoms with Gasteiger partial charge in [-0.05, 0) is 61.4 Å². The predicted octanol–water partition coefficient (Wildman–Crippen LogP) is 5.19. The summed E-state index contributed by atoms with van der Waals surface area (Å²) in [6.45, 7) is 1.59. The highest BCUT2D eigenvalue weighted by Crippen LogP contribution is 2.54. The molecule has 0 N–H and O–H groups in total. The number of Topliss-reactive ketones (excluding diaryl/α,β-unsaturated/α-hetero) is 1. The molecular weight excluding hydrogens is 383 g/mol. The van der Waals surface area contributed by atoms with Gasteiger partial charge in [-0.2, -0.15) is 0 Å². The molecule has 0 spiro atoms. The maximum atomic E-state index is 11.8. The van der Waals surface area contributed by atoms with Gasteiger partial charge in [0.1, 0.15) is 15.9 Å². The second-order valence-corrected chi connectivity index (χ2v) is 10.2. The third-order valence-corrected chi connectivity index (χ3v) is 8.73. The molecule has 0 aromatic heterocycles. The summed E-state index contributed by atoms with van der Waals surface area (Å²) in [5.41, 5.74) is 5.26. The van der Waals surface area contributed by atoms with Crippen molar-refractivity contribution in [1.29, 1.82) is 0 Å². The van der Waals surface area contributed by atoms with Gasteiger partial charge in [0.25, 0.3) is 0 Å². The first-order valence-electron chi connectivity index (χ1n) is 9.90. The Balaban J connectivity index is 1.99. The van der Waals surface area contributed by atoms with Crippen molar-refractivity contribution in [1.82, 2.24) is 0 Å². The Labute approximate surface area is 178 Å². The van der Waals surface area contributed by atoms with Crippen LogP contribution in [0, 0.1) is 11.6 Å². The second kappa shape index (κ2) is 8.91. The standard InChI is InChI=1S/C28H22OP/c1-23(29)25-13-11-12-24(22-25)20-21-30(26-14-5-2-6-15-26,27-16-7-3-8-17-27)28-18-9-4-10-19-28/h2-19,22H,1H3/q+1. The summed E-state index contributed by atoms with van der Waals surface area (Å²) in [7, 11) is -2.20. The molecule has 0 fully saturated rings. The molecule has 4 rings (SSSR count). The first kappa shape index (κ1) is 19.8. The van der Waals surface area contributed by atoms with Crippen LogP contribution in [0.4, 0.5) is 0 Å². The van der Waals surface area contributed by atoms with E-state index in [1.165, 1.54) is 15.9 Å². The number of rotatable bonds is 4. The highest BCUT2D eigenvalue weighted by molar-refractivity contribution is 7.99. The minimum absolute atomic E-state index is 0.0499. The van der Waals surface area contributed by atoms with Crippen molar-refractivity contribution in [2.24, 2.45) is 0 Å². The zero-order valence-corrected chi connectivity index (χ0v) is 17.7. The van der Waals surface area contributed by atoms with E-state index in [0.717, 1.165) is 5.56 Å². The Morgan fingerprint density at radius 3 is 1.53 bits per heavy atom. The smallest absolute Gasteiger partial charge is 0.189 e. The number of hydrogen-bond acceptors (Lipinski definition) is 1. The molecule has 0 atom stereocenters. The zero-order valence-electron chi connectivity index (χ0n) is 16.8. The monoisotopic (exact) mass is 405 g/mol. The van der Waals surface area contributed by atoms with E-state index >= 15 is 0 Å². The van der Waals surface area contributed by atoms with Crippen LogP contribution in [0.1, 0.15) is 22.8 Å². The van der Waals surface area contributed by atoms with Gasteiger partial charge >= 0.3 is 0 Å². The fourth-order valence-electron chi connectivity index (χ4n) is 3.56. The molecule has 0 unspecified atom stereocenters. The van der Waals surface area contributed by atoms with Crippen molar-refractivity contribution in [3.05, 3.63) is 126 Å². The largest absolute Gasteiger partial charge is 0.295 e. The van der Waals surface area contributed by atoms with Gasteiger partial charge < -0.3 is 0 Å². The Morgan fingerprint density at radius 2 is 1.10 bits per heavy atom. The SMILES string of the molecule is CC(=O)c1cccc(C#C[P+](c2ccccc2)(c2ccccc2)c2ccccc2)c1. The Kier molecular flexibility index (Phi) is 5.89. The van der Waals surface area contributed by atoms with Crippen molar-refractivity contribution < 1.29 is 4.79 Å². The molecule has 144 valence electrons. The Bertz CT molecular complexity index is 1110. The number of carbonyl (C=O) groups excluding carboxylic acids is 1. The summed E-state index contributed by atoms with van der Waals surface area (Å²) in [4.78, 5) is 11.8. The van der Waals surface area contributed by atoms with Crippen molar-refractivity contribution in [3.63, 3.8) is 0 Å². The van der Waals surface area contributed by atoms with Crippen LogP contribution in [0.5, 0.6) is 0 Å². The van der Waals surface area contributed by atoms with E-state index < -0.39 is 7.26 Å². The highest BCUT2D eigenvalue weighted by Gasteiger charge is 2.44. The topological polar surface area (TPSA) is 17.1 Å². The fourth-order valence-corrected chi connectivity index (χ4v) is 7.00. The molecule has 0 amide bonds. The normalized spacial score (nSPS) is 10.7. The van der Waals surface area contributed by atoms with Gasteiger partial charge in [-0.15, -0.1) is 0 Å². The Morgan fingerprint density at radius 1 is 0.633 bits per heavy atom. The van der Waals surface area contributed by atoms with Crippen molar-refractivity contribution in [3.8, 4) is 11.6 Å². The molecule has 0 aliphatic carbocycles. The van der Waals surface area contributed by atoms with Gasteiger partial charge in [-0.1, -0.05) is 66.7 Å². The van der Waals surface area contributed by atoms with Gasteiger partial charge in [0.2, 0.25) is 0 Å². The van der Waals surface area contributed by atoms with E-state index in [0.29, 0.717) is 5.56 Å². The molecule has 2 heteroatoms.